The minimum Gasteiger partial charge on any atom is -0.495 e. The van der Waals surface area contributed by atoms with Gasteiger partial charge in [-0.2, -0.15) is 13.2 Å². The van der Waals surface area contributed by atoms with Gasteiger partial charge in [-0.05, 0) is 0 Å². The molecule has 0 radical (unpaired) electrons. The lowest BCUT2D eigenvalue weighted by Crippen LogP contribution is -2.22. The highest BCUT2D eigenvalue weighted by atomic mass is 19.4. The van der Waals surface area contributed by atoms with Gasteiger partial charge in [0.2, 0.25) is 5.88 Å². The first-order valence-corrected chi connectivity index (χ1v) is 4.65. The van der Waals surface area contributed by atoms with Crippen molar-refractivity contribution < 1.29 is 44.6 Å². The Kier molecular flexibility index (Phi) is 4.30. The van der Waals surface area contributed by atoms with E-state index < -0.39 is 41.7 Å². The summed E-state index contributed by atoms with van der Waals surface area (Å²) < 4.78 is 107. The highest BCUT2D eigenvalue weighted by Gasteiger charge is 2.45. The molecule has 0 aliphatic carbocycles. The number of ether oxygens (including phenoxy) is 2. The van der Waals surface area contributed by atoms with Gasteiger partial charge in [-0.15, -0.1) is 13.2 Å². The number of alkyl halides is 8. The first-order chi connectivity index (χ1) is 8.97. The number of nitrogens with zero attached hydrogens (tertiary/aromatic N) is 1. The topological polar surface area (TPSA) is 31.4 Å². The van der Waals surface area contributed by atoms with E-state index in [4.69, 9.17) is 0 Å². The molecule has 11 heteroatoms. The molecule has 0 spiro atoms. The van der Waals surface area contributed by atoms with E-state index in [0.717, 1.165) is 7.11 Å². The molecule has 0 aliphatic heterocycles. The van der Waals surface area contributed by atoms with Crippen LogP contribution in [0.3, 0.4) is 0 Å². The summed E-state index contributed by atoms with van der Waals surface area (Å²) in [4.78, 5) is 2.72. The second kappa shape index (κ2) is 5.29. The number of hydrogen-bond acceptors (Lipinski definition) is 3. The van der Waals surface area contributed by atoms with Crippen LogP contribution in [0.15, 0.2) is 6.20 Å². The number of aromatic nitrogens is 1. The van der Waals surface area contributed by atoms with Crippen LogP contribution in [0.5, 0.6) is 11.6 Å². The average Bonchev–Trinajstić information content (AvgIpc) is 2.24. The molecule has 0 N–H and O–H groups in total. The molecule has 0 unspecified atom stereocenters. The number of hydrogen-bond donors (Lipinski definition) is 0. The van der Waals surface area contributed by atoms with E-state index in [-0.39, 0.29) is 6.20 Å². The van der Waals surface area contributed by atoms with Gasteiger partial charge in [-0.25, -0.2) is 13.8 Å². The zero-order chi connectivity index (χ0) is 15.7. The lowest BCUT2D eigenvalue weighted by Gasteiger charge is -2.19. The summed E-state index contributed by atoms with van der Waals surface area (Å²) in [5, 5.41) is 0. The third kappa shape index (κ3) is 3.61. The second-order valence-electron chi connectivity index (χ2n) is 3.27. The molecule has 114 valence electrons. The summed E-state index contributed by atoms with van der Waals surface area (Å²) in [6.45, 7) is 0. The predicted octanol–water partition coefficient (Wildman–Crippen LogP) is 3.95. The van der Waals surface area contributed by atoms with Crippen molar-refractivity contribution in [3.8, 4) is 11.6 Å². The predicted molar refractivity (Wildman–Crippen MR) is 47.4 cm³/mol. The van der Waals surface area contributed by atoms with Crippen LogP contribution < -0.4 is 9.47 Å². The Morgan fingerprint density at radius 1 is 1.10 bits per heavy atom. The maximum absolute atomic E-state index is 12.7. The van der Waals surface area contributed by atoms with Crippen LogP contribution in [0.4, 0.5) is 35.1 Å². The minimum atomic E-state index is -5.53. The Hall–Kier alpha value is -1.81. The lowest BCUT2D eigenvalue weighted by molar-refractivity contribution is -0.278. The lowest BCUT2D eigenvalue weighted by atomic mass is 10.1. The second-order valence-corrected chi connectivity index (χ2v) is 3.27. The molecule has 3 nitrogen and oxygen atoms in total. The van der Waals surface area contributed by atoms with Crippen molar-refractivity contribution >= 4 is 0 Å². The van der Waals surface area contributed by atoms with Gasteiger partial charge in [0, 0.05) is 0 Å². The normalized spacial score (nSPS) is 12.7. The van der Waals surface area contributed by atoms with Gasteiger partial charge < -0.3 is 9.47 Å². The van der Waals surface area contributed by atoms with Gasteiger partial charge in [0.25, 0.3) is 6.43 Å². The number of methoxy groups -OCH3 is 1. The largest absolute Gasteiger partial charge is 0.574 e. The van der Waals surface area contributed by atoms with E-state index in [0.29, 0.717) is 0 Å². The Morgan fingerprint density at radius 2 is 1.65 bits per heavy atom. The van der Waals surface area contributed by atoms with E-state index in [1.807, 2.05) is 0 Å². The molecule has 1 heterocycles. The number of pyridine rings is 1. The summed E-state index contributed by atoms with van der Waals surface area (Å²) in [6.07, 6.45) is -14.5. The molecule has 0 saturated carbocycles. The van der Waals surface area contributed by atoms with E-state index in [2.05, 4.69) is 14.5 Å². The molecule has 20 heavy (non-hydrogen) atoms. The van der Waals surface area contributed by atoms with E-state index >= 15 is 0 Å². The SMILES string of the molecule is COc1cnc(OC(F)(F)F)c(C(F)(F)F)c1C(F)F. The third-order valence-corrected chi connectivity index (χ3v) is 1.98. The van der Waals surface area contributed by atoms with Crippen molar-refractivity contribution in [2.24, 2.45) is 0 Å². The zero-order valence-corrected chi connectivity index (χ0v) is 9.44. The number of rotatable bonds is 3. The van der Waals surface area contributed by atoms with Crippen molar-refractivity contribution in [2.45, 2.75) is 19.0 Å². The number of halogens is 8. The van der Waals surface area contributed by atoms with E-state index in [1.54, 1.807) is 0 Å². The van der Waals surface area contributed by atoms with Gasteiger partial charge in [0.15, 0.2) is 0 Å². The Balaban J connectivity index is 3.58. The van der Waals surface area contributed by atoms with Crippen molar-refractivity contribution in [1.29, 1.82) is 0 Å². The first-order valence-electron chi connectivity index (χ1n) is 4.65. The summed E-state index contributed by atoms with van der Waals surface area (Å²) in [7, 11) is 0.771. The van der Waals surface area contributed by atoms with Crippen molar-refractivity contribution in [1.82, 2.24) is 4.98 Å². The van der Waals surface area contributed by atoms with Crippen LogP contribution in [-0.4, -0.2) is 18.5 Å². The van der Waals surface area contributed by atoms with Crippen LogP contribution >= 0.6 is 0 Å². The molecule has 0 bridgehead atoms. The monoisotopic (exact) mass is 311 g/mol. The summed E-state index contributed by atoms with van der Waals surface area (Å²) in [6, 6.07) is 0. The molecular formula is C9H5F8NO2. The van der Waals surface area contributed by atoms with Gasteiger partial charge in [0.1, 0.15) is 11.3 Å². The molecule has 0 amide bonds. The Morgan fingerprint density at radius 3 is 2.00 bits per heavy atom. The molecule has 0 saturated heterocycles. The standard InChI is InChI=1S/C9H5F8NO2/c1-19-3-2-18-7(20-9(15,16)17)5(8(12,13)14)4(3)6(10)11/h2,6H,1H3. The molecule has 1 rings (SSSR count). The van der Waals surface area contributed by atoms with Crippen LogP contribution in [-0.2, 0) is 6.18 Å². The molecule has 0 aromatic carbocycles. The quantitative estimate of drug-likeness (QED) is 0.792. The van der Waals surface area contributed by atoms with Crippen molar-refractivity contribution in [2.75, 3.05) is 7.11 Å². The van der Waals surface area contributed by atoms with Crippen LogP contribution in [0.25, 0.3) is 0 Å². The smallest absolute Gasteiger partial charge is 0.495 e. The molecule has 1 aromatic rings. The van der Waals surface area contributed by atoms with Gasteiger partial charge >= 0.3 is 12.5 Å². The van der Waals surface area contributed by atoms with Gasteiger partial charge in [-0.3, -0.25) is 0 Å². The third-order valence-electron chi connectivity index (χ3n) is 1.98. The Bertz CT molecular complexity index is 482. The fourth-order valence-corrected chi connectivity index (χ4v) is 1.33. The fraction of sp³-hybridized carbons (Fsp3) is 0.444. The maximum Gasteiger partial charge on any atom is 0.574 e. The van der Waals surface area contributed by atoms with Crippen molar-refractivity contribution in [3.63, 3.8) is 0 Å². The van der Waals surface area contributed by atoms with Crippen molar-refractivity contribution in [3.05, 3.63) is 17.3 Å². The highest BCUT2D eigenvalue weighted by Crippen LogP contribution is 2.45. The molecule has 0 atom stereocenters. The zero-order valence-electron chi connectivity index (χ0n) is 9.44. The van der Waals surface area contributed by atoms with Crippen LogP contribution in [0, 0.1) is 0 Å². The maximum atomic E-state index is 12.7. The van der Waals surface area contributed by atoms with Gasteiger partial charge in [0.05, 0.1) is 18.9 Å². The summed E-state index contributed by atoms with van der Waals surface area (Å²) >= 11 is 0. The fourth-order valence-electron chi connectivity index (χ4n) is 1.33. The molecule has 1 aromatic heterocycles. The first kappa shape index (κ1) is 16.2. The van der Waals surface area contributed by atoms with Crippen LogP contribution in [0.1, 0.15) is 17.6 Å². The molecule has 0 fully saturated rings. The summed E-state index contributed by atoms with van der Waals surface area (Å²) in [5.74, 6) is -3.01. The molecule has 0 aliphatic rings. The highest BCUT2D eigenvalue weighted by molar-refractivity contribution is 5.46. The minimum absolute atomic E-state index is 0.289. The van der Waals surface area contributed by atoms with E-state index in [9.17, 15) is 35.1 Å². The summed E-state index contributed by atoms with van der Waals surface area (Å²) in [5.41, 5.74) is -4.10. The average molecular weight is 311 g/mol. The van der Waals surface area contributed by atoms with Crippen LogP contribution in [0.2, 0.25) is 0 Å². The van der Waals surface area contributed by atoms with Gasteiger partial charge in [-0.1, -0.05) is 0 Å². The Labute approximate surface area is 106 Å². The molecular weight excluding hydrogens is 306 g/mol. The van der Waals surface area contributed by atoms with E-state index in [1.165, 1.54) is 0 Å².